The van der Waals surface area contributed by atoms with Gasteiger partial charge in [-0.15, -0.1) is 0 Å². The molecule has 1 heterocycles. The van der Waals surface area contributed by atoms with Gasteiger partial charge in [0.05, 0.1) is 7.11 Å². The Bertz CT molecular complexity index is 396. The van der Waals surface area contributed by atoms with Gasteiger partial charge < -0.3 is 4.74 Å². The summed E-state index contributed by atoms with van der Waals surface area (Å²) in [5.41, 5.74) is 0.296. The molecule has 0 aliphatic carbocycles. The van der Waals surface area contributed by atoms with Crippen LogP contribution in [0.25, 0.3) is 0 Å². The number of carbonyl (C=O) groups is 1. The third-order valence-electron chi connectivity index (χ3n) is 1.81. The van der Waals surface area contributed by atoms with E-state index in [1.165, 1.54) is 13.2 Å². The standard InChI is InChI=1S/C9H8F2INO2/c1-4-3-5(7(10)11)8(12)13-6(4)9(14)15-2/h3,7H,1-2H3. The summed E-state index contributed by atoms with van der Waals surface area (Å²) in [7, 11) is 1.22. The van der Waals surface area contributed by atoms with Gasteiger partial charge in [0.25, 0.3) is 6.43 Å². The van der Waals surface area contributed by atoms with Crippen molar-refractivity contribution in [2.24, 2.45) is 0 Å². The molecule has 0 N–H and O–H groups in total. The Kier molecular flexibility index (Phi) is 3.95. The van der Waals surface area contributed by atoms with Crippen LogP contribution in [0.15, 0.2) is 6.07 Å². The van der Waals surface area contributed by atoms with Crippen LogP contribution >= 0.6 is 22.6 Å². The molecule has 82 valence electrons. The van der Waals surface area contributed by atoms with Gasteiger partial charge in [-0.2, -0.15) is 0 Å². The van der Waals surface area contributed by atoms with Crippen molar-refractivity contribution in [3.8, 4) is 0 Å². The summed E-state index contributed by atoms with van der Waals surface area (Å²) >= 11 is 1.67. The highest BCUT2D eigenvalue weighted by molar-refractivity contribution is 14.1. The van der Waals surface area contributed by atoms with Crippen LogP contribution in [0.3, 0.4) is 0 Å². The fraction of sp³-hybridized carbons (Fsp3) is 0.333. The summed E-state index contributed by atoms with van der Waals surface area (Å²) in [6, 6.07) is 1.26. The van der Waals surface area contributed by atoms with Crippen molar-refractivity contribution in [1.29, 1.82) is 0 Å². The molecule has 0 saturated heterocycles. The largest absolute Gasteiger partial charge is 0.464 e. The Morgan fingerprint density at radius 1 is 1.60 bits per heavy atom. The van der Waals surface area contributed by atoms with E-state index in [4.69, 9.17) is 0 Å². The Labute approximate surface area is 99.0 Å². The predicted molar refractivity (Wildman–Crippen MR) is 58.0 cm³/mol. The monoisotopic (exact) mass is 327 g/mol. The normalized spacial score (nSPS) is 10.5. The minimum absolute atomic E-state index is 0.0753. The van der Waals surface area contributed by atoms with Crippen molar-refractivity contribution >= 4 is 28.6 Å². The number of rotatable bonds is 2. The zero-order valence-corrected chi connectivity index (χ0v) is 10.2. The topological polar surface area (TPSA) is 39.2 Å². The maximum absolute atomic E-state index is 12.5. The van der Waals surface area contributed by atoms with Crippen molar-refractivity contribution in [2.45, 2.75) is 13.3 Å². The van der Waals surface area contributed by atoms with Gasteiger partial charge in [0.2, 0.25) is 0 Å². The van der Waals surface area contributed by atoms with Crippen LogP contribution in [0.5, 0.6) is 0 Å². The Balaban J connectivity index is 3.25. The van der Waals surface area contributed by atoms with Gasteiger partial charge in [0.15, 0.2) is 5.69 Å². The second-order valence-corrected chi connectivity index (χ2v) is 3.85. The maximum atomic E-state index is 12.5. The number of methoxy groups -OCH3 is 1. The van der Waals surface area contributed by atoms with Crippen LogP contribution in [0.4, 0.5) is 8.78 Å². The second kappa shape index (κ2) is 4.82. The number of esters is 1. The maximum Gasteiger partial charge on any atom is 0.356 e. The van der Waals surface area contributed by atoms with E-state index in [0.29, 0.717) is 5.56 Å². The summed E-state index contributed by atoms with van der Waals surface area (Å²) in [5.74, 6) is -0.619. The predicted octanol–water partition coefficient (Wildman–Crippen LogP) is 2.72. The van der Waals surface area contributed by atoms with E-state index in [1.807, 2.05) is 0 Å². The lowest BCUT2D eigenvalue weighted by Crippen LogP contribution is -2.09. The first-order valence-corrected chi connectivity index (χ1v) is 5.08. The molecule has 0 fully saturated rings. The molecule has 3 nitrogen and oxygen atoms in total. The van der Waals surface area contributed by atoms with Crippen molar-refractivity contribution < 1.29 is 18.3 Å². The van der Waals surface area contributed by atoms with Gasteiger partial charge in [-0.3, -0.25) is 0 Å². The van der Waals surface area contributed by atoms with Gasteiger partial charge >= 0.3 is 5.97 Å². The van der Waals surface area contributed by atoms with Crippen LogP contribution in [-0.4, -0.2) is 18.1 Å². The van der Waals surface area contributed by atoms with E-state index in [0.717, 1.165) is 0 Å². The molecular weight excluding hydrogens is 319 g/mol. The van der Waals surface area contributed by atoms with Crippen molar-refractivity contribution in [2.75, 3.05) is 7.11 Å². The third kappa shape index (κ3) is 2.61. The number of alkyl halides is 2. The zero-order chi connectivity index (χ0) is 11.6. The lowest BCUT2D eigenvalue weighted by Gasteiger charge is -2.07. The van der Waals surface area contributed by atoms with E-state index >= 15 is 0 Å². The molecule has 0 unspecified atom stereocenters. The third-order valence-corrected chi connectivity index (χ3v) is 2.67. The minimum Gasteiger partial charge on any atom is -0.464 e. The summed E-state index contributed by atoms with van der Waals surface area (Å²) in [4.78, 5) is 15.0. The average Bonchev–Trinajstić information content (AvgIpc) is 2.19. The zero-order valence-electron chi connectivity index (χ0n) is 8.05. The molecule has 0 bridgehead atoms. The van der Waals surface area contributed by atoms with E-state index < -0.39 is 12.4 Å². The van der Waals surface area contributed by atoms with E-state index in [2.05, 4.69) is 9.72 Å². The summed E-state index contributed by atoms with van der Waals surface area (Å²) in [6.45, 7) is 1.54. The number of pyridine rings is 1. The first kappa shape index (κ1) is 12.3. The SMILES string of the molecule is COC(=O)c1nc(I)c(C(F)F)cc1C. The van der Waals surface area contributed by atoms with Crippen molar-refractivity contribution in [1.82, 2.24) is 4.98 Å². The summed E-state index contributed by atoms with van der Waals surface area (Å²) in [5, 5.41) is 0. The van der Waals surface area contributed by atoms with Crippen molar-refractivity contribution in [3.05, 3.63) is 26.6 Å². The molecule has 0 atom stereocenters. The second-order valence-electron chi connectivity index (χ2n) is 2.83. The number of carbonyl (C=O) groups excluding carboxylic acids is 1. The fourth-order valence-electron chi connectivity index (χ4n) is 1.07. The lowest BCUT2D eigenvalue weighted by molar-refractivity contribution is 0.0592. The smallest absolute Gasteiger partial charge is 0.356 e. The number of hydrogen-bond donors (Lipinski definition) is 0. The molecule has 1 aromatic rings. The molecule has 0 radical (unpaired) electrons. The minimum atomic E-state index is -2.59. The molecule has 0 amide bonds. The van der Waals surface area contributed by atoms with E-state index in [-0.39, 0.29) is 15.0 Å². The molecule has 0 saturated carbocycles. The number of halogens is 3. The lowest BCUT2D eigenvalue weighted by atomic mass is 10.1. The first-order chi connectivity index (χ1) is 6.97. The number of ether oxygens (including phenoxy) is 1. The van der Waals surface area contributed by atoms with Crippen LogP contribution in [0, 0.1) is 10.6 Å². The molecule has 15 heavy (non-hydrogen) atoms. The summed E-state index contributed by atoms with van der Waals surface area (Å²) in [6.07, 6.45) is -2.59. The highest BCUT2D eigenvalue weighted by Crippen LogP contribution is 2.25. The summed E-state index contributed by atoms with van der Waals surface area (Å²) < 4.78 is 29.5. The van der Waals surface area contributed by atoms with E-state index in [9.17, 15) is 13.6 Å². The molecule has 1 rings (SSSR count). The van der Waals surface area contributed by atoms with Crippen molar-refractivity contribution in [3.63, 3.8) is 0 Å². The van der Waals surface area contributed by atoms with Gasteiger partial charge in [0, 0.05) is 5.56 Å². The quantitative estimate of drug-likeness (QED) is 0.476. The number of hydrogen-bond acceptors (Lipinski definition) is 3. The molecule has 0 spiro atoms. The van der Waals surface area contributed by atoms with Gasteiger partial charge in [0.1, 0.15) is 3.70 Å². The molecule has 0 aliphatic rings. The molecule has 6 heteroatoms. The van der Waals surface area contributed by atoms with Crippen LogP contribution in [0.2, 0.25) is 0 Å². The average molecular weight is 327 g/mol. The number of aryl methyl sites for hydroxylation is 1. The number of aromatic nitrogens is 1. The van der Waals surface area contributed by atoms with E-state index in [1.54, 1.807) is 29.5 Å². The first-order valence-electron chi connectivity index (χ1n) is 4.01. The fourth-order valence-corrected chi connectivity index (χ4v) is 1.70. The van der Waals surface area contributed by atoms with Crippen LogP contribution < -0.4 is 0 Å². The Morgan fingerprint density at radius 3 is 2.67 bits per heavy atom. The van der Waals surface area contributed by atoms with Gasteiger partial charge in [-0.25, -0.2) is 18.6 Å². The highest BCUT2D eigenvalue weighted by atomic mass is 127. The van der Waals surface area contributed by atoms with Gasteiger partial charge in [-0.1, -0.05) is 0 Å². The molecular formula is C9H8F2INO2. The molecule has 0 aromatic carbocycles. The van der Waals surface area contributed by atoms with Crippen LogP contribution in [-0.2, 0) is 4.74 Å². The Hall–Kier alpha value is -0.790. The van der Waals surface area contributed by atoms with Gasteiger partial charge in [-0.05, 0) is 41.1 Å². The number of nitrogens with zero attached hydrogens (tertiary/aromatic N) is 1. The van der Waals surface area contributed by atoms with Crippen LogP contribution in [0.1, 0.15) is 28.0 Å². The Morgan fingerprint density at radius 2 is 2.20 bits per heavy atom. The molecule has 0 aliphatic heterocycles. The molecule has 1 aromatic heterocycles. The highest BCUT2D eigenvalue weighted by Gasteiger charge is 2.18.